The number of nitrogens with zero attached hydrogens (tertiary/aromatic N) is 1. The lowest BCUT2D eigenvalue weighted by Crippen LogP contribution is -2.31. The van der Waals surface area contributed by atoms with Crippen LogP contribution in [0.3, 0.4) is 0 Å². The maximum Gasteiger partial charge on any atom is 0.227 e. The second kappa shape index (κ2) is 4.80. The number of Topliss-reactive ketones (excluding diaryl/α,β-unsaturated/α-hetero) is 1. The zero-order valence-corrected chi connectivity index (χ0v) is 12.1. The summed E-state index contributed by atoms with van der Waals surface area (Å²) in [6.45, 7) is 8.51. The van der Waals surface area contributed by atoms with Gasteiger partial charge in [-0.15, -0.1) is 0 Å². The van der Waals surface area contributed by atoms with Gasteiger partial charge in [-0.3, -0.25) is 9.59 Å². The number of anilines is 1. The molecule has 0 spiro atoms. The molecule has 1 aliphatic rings. The van der Waals surface area contributed by atoms with E-state index in [1.807, 2.05) is 23.1 Å². The van der Waals surface area contributed by atoms with E-state index in [1.165, 1.54) is 0 Å². The summed E-state index contributed by atoms with van der Waals surface area (Å²) in [5.74, 6) is 0.240. The first-order chi connectivity index (χ1) is 8.78. The molecule has 0 saturated carbocycles. The number of ketones is 1. The van der Waals surface area contributed by atoms with E-state index in [2.05, 4.69) is 20.8 Å². The van der Waals surface area contributed by atoms with Crippen LogP contribution in [0.5, 0.6) is 0 Å². The highest BCUT2D eigenvalue weighted by atomic mass is 16.2. The summed E-state index contributed by atoms with van der Waals surface area (Å²) >= 11 is 0. The van der Waals surface area contributed by atoms with Crippen molar-refractivity contribution in [3.05, 3.63) is 29.3 Å². The maximum atomic E-state index is 12.3. The third-order valence-corrected chi connectivity index (χ3v) is 3.36. The average Bonchev–Trinajstić information content (AvgIpc) is 2.68. The van der Waals surface area contributed by atoms with Gasteiger partial charge in [0.15, 0.2) is 5.78 Å². The van der Waals surface area contributed by atoms with Gasteiger partial charge < -0.3 is 4.90 Å². The molecule has 0 N–H and O–H groups in total. The van der Waals surface area contributed by atoms with Crippen molar-refractivity contribution in [3.63, 3.8) is 0 Å². The number of amides is 1. The van der Waals surface area contributed by atoms with Crippen molar-refractivity contribution in [1.82, 2.24) is 0 Å². The number of fused-ring (bicyclic) bond motifs is 1. The highest BCUT2D eigenvalue weighted by Gasteiger charge is 2.27. The normalized spacial score (nSPS) is 14.4. The van der Waals surface area contributed by atoms with E-state index >= 15 is 0 Å². The van der Waals surface area contributed by atoms with Crippen molar-refractivity contribution in [2.75, 3.05) is 11.4 Å². The number of hydrogen-bond donors (Lipinski definition) is 0. The van der Waals surface area contributed by atoms with E-state index in [0.717, 1.165) is 29.8 Å². The van der Waals surface area contributed by atoms with E-state index in [4.69, 9.17) is 0 Å². The van der Waals surface area contributed by atoms with E-state index in [9.17, 15) is 9.59 Å². The second-order valence-electron chi connectivity index (χ2n) is 6.43. The summed E-state index contributed by atoms with van der Waals surface area (Å²) in [5, 5.41) is 0. The molecule has 0 unspecified atom stereocenters. The molecule has 0 radical (unpaired) electrons. The first-order valence-corrected chi connectivity index (χ1v) is 6.72. The molecule has 1 aromatic rings. The monoisotopic (exact) mass is 259 g/mol. The van der Waals surface area contributed by atoms with Crippen LogP contribution >= 0.6 is 0 Å². The van der Waals surface area contributed by atoms with E-state index in [1.54, 1.807) is 6.92 Å². The number of carbonyl (C=O) groups is 2. The first-order valence-electron chi connectivity index (χ1n) is 6.72. The molecule has 0 bridgehead atoms. The predicted octanol–water partition coefficient (Wildman–Crippen LogP) is 3.21. The number of benzene rings is 1. The Morgan fingerprint density at radius 2 is 1.95 bits per heavy atom. The van der Waals surface area contributed by atoms with Crippen LogP contribution in [0.25, 0.3) is 0 Å². The summed E-state index contributed by atoms with van der Waals surface area (Å²) in [7, 11) is 0. The minimum atomic E-state index is -0.000832. The van der Waals surface area contributed by atoms with Gasteiger partial charge in [-0.2, -0.15) is 0 Å². The summed E-state index contributed by atoms with van der Waals surface area (Å²) < 4.78 is 0. The average molecular weight is 259 g/mol. The van der Waals surface area contributed by atoms with Gasteiger partial charge in [0.2, 0.25) is 5.91 Å². The summed E-state index contributed by atoms with van der Waals surface area (Å²) in [6.07, 6.45) is 1.38. The number of carbonyl (C=O) groups excluding carboxylic acids is 2. The lowest BCUT2D eigenvalue weighted by molar-refractivity contribution is -0.120. The van der Waals surface area contributed by atoms with Gasteiger partial charge >= 0.3 is 0 Å². The van der Waals surface area contributed by atoms with Crippen LogP contribution in [0.1, 0.15) is 50.0 Å². The molecule has 1 amide bonds. The van der Waals surface area contributed by atoms with Crippen molar-refractivity contribution in [2.24, 2.45) is 5.41 Å². The van der Waals surface area contributed by atoms with Crippen molar-refractivity contribution in [2.45, 2.75) is 40.5 Å². The van der Waals surface area contributed by atoms with Crippen molar-refractivity contribution in [3.8, 4) is 0 Å². The molecular formula is C16H21NO2. The van der Waals surface area contributed by atoms with Crippen LogP contribution < -0.4 is 4.90 Å². The highest BCUT2D eigenvalue weighted by Crippen LogP contribution is 2.31. The second-order valence-corrected chi connectivity index (χ2v) is 6.43. The predicted molar refractivity (Wildman–Crippen MR) is 76.6 cm³/mol. The maximum absolute atomic E-state index is 12.3. The molecule has 102 valence electrons. The fourth-order valence-corrected chi connectivity index (χ4v) is 2.43. The molecule has 2 rings (SSSR count). The fraction of sp³-hybridized carbons (Fsp3) is 0.500. The zero-order chi connectivity index (χ0) is 14.2. The molecule has 3 heteroatoms. The molecule has 19 heavy (non-hydrogen) atoms. The Hall–Kier alpha value is -1.64. The van der Waals surface area contributed by atoms with E-state index < -0.39 is 0 Å². The molecule has 0 saturated heterocycles. The Balaban J connectivity index is 2.23. The molecule has 0 fully saturated rings. The smallest absolute Gasteiger partial charge is 0.227 e. The van der Waals surface area contributed by atoms with Crippen LogP contribution in [0, 0.1) is 5.41 Å². The van der Waals surface area contributed by atoms with E-state index in [-0.39, 0.29) is 17.1 Å². The molecule has 0 aliphatic carbocycles. The van der Waals surface area contributed by atoms with Crippen LogP contribution in [0.2, 0.25) is 0 Å². The fourth-order valence-electron chi connectivity index (χ4n) is 2.43. The lowest BCUT2D eigenvalue weighted by atomic mass is 9.91. The topological polar surface area (TPSA) is 37.4 Å². The van der Waals surface area contributed by atoms with Gasteiger partial charge in [0, 0.05) is 24.2 Å². The Labute approximate surface area is 114 Å². The van der Waals surface area contributed by atoms with Gasteiger partial charge in [-0.1, -0.05) is 20.8 Å². The van der Waals surface area contributed by atoms with Gasteiger partial charge in [0.25, 0.3) is 0 Å². The van der Waals surface area contributed by atoms with Gasteiger partial charge in [0.05, 0.1) is 0 Å². The molecule has 0 atom stereocenters. The molecule has 1 aliphatic heterocycles. The van der Waals surface area contributed by atoms with Gasteiger partial charge in [0.1, 0.15) is 0 Å². The number of hydrogen-bond acceptors (Lipinski definition) is 2. The number of rotatable bonds is 2. The third-order valence-electron chi connectivity index (χ3n) is 3.36. The van der Waals surface area contributed by atoms with Crippen LogP contribution in [0.4, 0.5) is 5.69 Å². The van der Waals surface area contributed by atoms with Crippen molar-refractivity contribution in [1.29, 1.82) is 0 Å². The van der Waals surface area contributed by atoms with Gasteiger partial charge in [-0.25, -0.2) is 0 Å². The lowest BCUT2D eigenvalue weighted by Gasteiger charge is -2.23. The molecule has 1 heterocycles. The Morgan fingerprint density at radius 1 is 1.26 bits per heavy atom. The summed E-state index contributed by atoms with van der Waals surface area (Å²) in [5.41, 5.74) is 2.80. The van der Waals surface area contributed by atoms with E-state index in [0.29, 0.717) is 6.42 Å². The van der Waals surface area contributed by atoms with Crippen molar-refractivity contribution >= 4 is 17.4 Å². The molecule has 0 aromatic heterocycles. The Kier molecular flexibility index (Phi) is 3.48. The largest absolute Gasteiger partial charge is 0.312 e. The third kappa shape index (κ3) is 3.03. The Bertz CT molecular complexity index is 526. The van der Waals surface area contributed by atoms with Crippen molar-refractivity contribution < 1.29 is 9.59 Å². The molecular weight excluding hydrogens is 238 g/mol. The standard InChI is InChI=1S/C16H21NO2/c1-11(18)12-5-6-14-13(9-12)7-8-17(14)15(19)10-16(2,3)4/h5-6,9H,7-8,10H2,1-4H3. The Morgan fingerprint density at radius 3 is 2.53 bits per heavy atom. The minimum absolute atomic E-state index is 0.000832. The summed E-state index contributed by atoms with van der Waals surface area (Å²) in [4.78, 5) is 25.5. The summed E-state index contributed by atoms with van der Waals surface area (Å²) in [6, 6.07) is 5.63. The van der Waals surface area contributed by atoms with Crippen LogP contribution in [-0.4, -0.2) is 18.2 Å². The van der Waals surface area contributed by atoms with Gasteiger partial charge in [-0.05, 0) is 42.5 Å². The zero-order valence-electron chi connectivity index (χ0n) is 12.1. The quantitative estimate of drug-likeness (QED) is 0.765. The molecule has 3 nitrogen and oxygen atoms in total. The first kappa shape index (κ1) is 13.8. The minimum Gasteiger partial charge on any atom is -0.312 e. The van der Waals surface area contributed by atoms with Crippen LogP contribution in [-0.2, 0) is 11.2 Å². The molecule has 1 aromatic carbocycles. The van der Waals surface area contributed by atoms with Crippen LogP contribution in [0.15, 0.2) is 18.2 Å². The highest BCUT2D eigenvalue weighted by molar-refractivity contribution is 5.98. The SMILES string of the molecule is CC(=O)c1ccc2c(c1)CCN2C(=O)CC(C)(C)C.